The van der Waals surface area contributed by atoms with Gasteiger partial charge < -0.3 is 14.7 Å². The van der Waals surface area contributed by atoms with Gasteiger partial charge in [0.2, 0.25) is 11.8 Å². The van der Waals surface area contributed by atoms with Crippen molar-refractivity contribution in [1.82, 2.24) is 19.6 Å². The first kappa shape index (κ1) is 23.7. The van der Waals surface area contributed by atoms with Crippen LogP contribution in [-0.4, -0.2) is 96.2 Å². The van der Waals surface area contributed by atoms with Crippen LogP contribution in [0.15, 0.2) is 28.7 Å². The molecular formula is C23H33BrN4O3. The average molecular weight is 493 g/mol. The van der Waals surface area contributed by atoms with E-state index in [2.05, 4.69) is 20.8 Å². The zero-order chi connectivity index (χ0) is 22.4. The van der Waals surface area contributed by atoms with Crippen LogP contribution < -0.4 is 0 Å². The van der Waals surface area contributed by atoms with Gasteiger partial charge in [0.15, 0.2) is 0 Å². The smallest absolute Gasteiger partial charge is 0.253 e. The highest BCUT2D eigenvalue weighted by Crippen LogP contribution is 2.22. The van der Waals surface area contributed by atoms with Gasteiger partial charge >= 0.3 is 0 Å². The molecule has 0 saturated carbocycles. The number of piperazine rings is 1. The molecule has 7 nitrogen and oxygen atoms in total. The highest BCUT2D eigenvalue weighted by Gasteiger charge is 2.32. The minimum absolute atomic E-state index is 0.0159. The molecule has 3 amide bonds. The van der Waals surface area contributed by atoms with Crippen LogP contribution in [0.5, 0.6) is 0 Å². The number of carbonyl (C=O) groups is 3. The second kappa shape index (κ2) is 11.1. The maximum absolute atomic E-state index is 13.0. The molecule has 3 rings (SSSR count). The van der Waals surface area contributed by atoms with E-state index in [1.54, 1.807) is 0 Å². The number of amides is 3. The molecule has 0 spiro atoms. The summed E-state index contributed by atoms with van der Waals surface area (Å²) in [7, 11) is 0. The van der Waals surface area contributed by atoms with E-state index in [1.165, 1.54) is 0 Å². The summed E-state index contributed by atoms with van der Waals surface area (Å²) in [6, 6.07) is 7.40. The Morgan fingerprint density at radius 1 is 0.903 bits per heavy atom. The van der Waals surface area contributed by atoms with E-state index in [-0.39, 0.29) is 23.6 Å². The topological polar surface area (TPSA) is 64.2 Å². The van der Waals surface area contributed by atoms with Crippen molar-refractivity contribution in [3.8, 4) is 0 Å². The molecule has 170 valence electrons. The van der Waals surface area contributed by atoms with Gasteiger partial charge in [-0.3, -0.25) is 19.3 Å². The molecule has 0 aliphatic carbocycles. The zero-order valence-corrected chi connectivity index (χ0v) is 20.1. The summed E-state index contributed by atoms with van der Waals surface area (Å²) in [5, 5.41) is 0. The Bertz CT molecular complexity index is 766. The number of carbonyl (C=O) groups excluding carboxylic acids is 3. The zero-order valence-electron chi connectivity index (χ0n) is 18.6. The molecule has 8 heteroatoms. The highest BCUT2D eigenvalue weighted by molar-refractivity contribution is 9.10. The first-order valence-electron chi connectivity index (χ1n) is 11.3. The van der Waals surface area contributed by atoms with E-state index >= 15 is 0 Å². The van der Waals surface area contributed by atoms with Gasteiger partial charge in [0.25, 0.3) is 5.91 Å². The molecule has 0 bridgehead atoms. The number of benzene rings is 1. The summed E-state index contributed by atoms with van der Waals surface area (Å²) in [5.41, 5.74) is 0.684. The van der Waals surface area contributed by atoms with E-state index in [9.17, 15) is 14.4 Å². The van der Waals surface area contributed by atoms with Crippen LogP contribution in [0.3, 0.4) is 0 Å². The molecule has 2 aliphatic heterocycles. The molecular weight excluding hydrogens is 460 g/mol. The summed E-state index contributed by atoms with van der Waals surface area (Å²) in [6.07, 6.45) is 1.42. The summed E-state index contributed by atoms with van der Waals surface area (Å²) < 4.78 is 0.950. The predicted octanol–water partition coefficient (Wildman–Crippen LogP) is 2.31. The SMILES string of the molecule is CCN(CC)C(=O)CN1CCN(C(=O)C2CCN(C(=O)c3ccc(Br)cc3)CC2)CC1. The molecule has 31 heavy (non-hydrogen) atoms. The summed E-state index contributed by atoms with van der Waals surface area (Å²) in [5.74, 6) is 0.376. The van der Waals surface area contributed by atoms with Crippen molar-refractivity contribution in [2.45, 2.75) is 26.7 Å². The molecule has 0 aromatic heterocycles. The van der Waals surface area contributed by atoms with Crippen LogP contribution in [0.1, 0.15) is 37.0 Å². The standard InChI is InChI=1S/C23H33BrN4O3/c1-3-26(4-2)21(29)17-25-13-15-28(16-14-25)23(31)19-9-11-27(12-10-19)22(30)18-5-7-20(24)8-6-18/h5-8,19H,3-4,9-17H2,1-2H3. The minimum Gasteiger partial charge on any atom is -0.342 e. The number of hydrogen-bond acceptors (Lipinski definition) is 4. The predicted molar refractivity (Wildman–Crippen MR) is 124 cm³/mol. The molecule has 2 aliphatic rings. The van der Waals surface area contributed by atoms with E-state index in [1.807, 2.05) is 52.8 Å². The van der Waals surface area contributed by atoms with Crippen LogP contribution in [-0.2, 0) is 9.59 Å². The maximum Gasteiger partial charge on any atom is 0.253 e. The molecule has 0 N–H and O–H groups in total. The number of nitrogens with zero attached hydrogens (tertiary/aromatic N) is 4. The second-order valence-electron chi connectivity index (χ2n) is 8.24. The number of halogens is 1. The fourth-order valence-electron chi connectivity index (χ4n) is 4.36. The van der Waals surface area contributed by atoms with E-state index < -0.39 is 0 Å². The minimum atomic E-state index is -0.0159. The number of rotatable bonds is 6. The Morgan fingerprint density at radius 3 is 2.03 bits per heavy atom. The lowest BCUT2D eigenvalue weighted by Crippen LogP contribution is -2.53. The lowest BCUT2D eigenvalue weighted by molar-refractivity contribution is -0.139. The molecule has 2 heterocycles. The third-order valence-corrected chi connectivity index (χ3v) is 6.91. The van der Waals surface area contributed by atoms with Crippen LogP contribution >= 0.6 is 15.9 Å². The fraction of sp³-hybridized carbons (Fsp3) is 0.609. The lowest BCUT2D eigenvalue weighted by Gasteiger charge is -2.38. The van der Waals surface area contributed by atoms with Crippen molar-refractivity contribution in [2.24, 2.45) is 5.92 Å². The lowest BCUT2D eigenvalue weighted by atomic mass is 9.94. The highest BCUT2D eigenvalue weighted by atomic mass is 79.9. The molecule has 0 atom stereocenters. The van der Waals surface area contributed by atoms with Crippen molar-refractivity contribution in [1.29, 1.82) is 0 Å². The number of hydrogen-bond donors (Lipinski definition) is 0. The Hall–Kier alpha value is -1.93. The Labute approximate surface area is 193 Å². The maximum atomic E-state index is 13.0. The molecule has 0 radical (unpaired) electrons. The molecule has 2 fully saturated rings. The van der Waals surface area contributed by atoms with Crippen molar-refractivity contribution in [3.05, 3.63) is 34.3 Å². The first-order valence-corrected chi connectivity index (χ1v) is 12.1. The summed E-state index contributed by atoms with van der Waals surface area (Å²) in [4.78, 5) is 45.8. The van der Waals surface area contributed by atoms with E-state index in [0.717, 1.165) is 30.7 Å². The third kappa shape index (κ3) is 6.07. The Balaban J connectivity index is 1.43. The average Bonchev–Trinajstić information content (AvgIpc) is 2.80. The van der Waals surface area contributed by atoms with Crippen LogP contribution in [0.4, 0.5) is 0 Å². The van der Waals surface area contributed by atoms with Gasteiger partial charge in [-0.1, -0.05) is 15.9 Å². The van der Waals surface area contributed by atoms with Gasteiger partial charge in [-0.25, -0.2) is 0 Å². The van der Waals surface area contributed by atoms with Crippen molar-refractivity contribution in [3.63, 3.8) is 0 Å². The van der Waals surface area contributed by atoms with Crippen LogP contribution in [0, 0.1) is 5.92 Å². The monoisotopic (exact) mass is 492 g/mol. The van der Waals surface area contributed by atoms with E-state index in [0.29, 0.717) is 51.1 Å². The van der Waals surface area contributed by atoms with E-state index in [4.69, 9.17) is 0 Å². The van der Waals surface area contributed by atoms with Gasteiger partial charge in [0, 0.05) is 68.3 Å². The van der Waals surface area contributed by atoms with Crippen molar-refractivity contribution in [2.75, 3.05) is 58.9 Å². The van der Waals surface area contributed by atoms with Crippen LogP contribution in [0.2, 0.25) is 0 Å². The third-order valence-electron chi connectivity index (χ3n) is 6.38. The van der Waals surface area contributed by atoms with Crippen LogP contribution in [0.25, 0.3) is 0 Å². The molecule has 2 saturated heterocycles. The molecule has 1 aromatic rings. The number of piperidine rings is 1. The summed E-state index contributed by atoms with van der Waals surface area (Å²) in [6.45, 7) is 9.93. The van der Waals surface area contributed by atoms with Crippen molar-refractivity contribution < 1.29 is 14.4 Å². The van der Waals surface area contributed by atoms with Gasteiger partial charge in [-0.05, 0) is 51.0 Å². The van der Waals surface area contributed by atoms with Gasteiger partial charge in [0.05, 0.1) is 6.54 Å². The van der Waals surface area contributed by atoms with Gasteiger partial charge in [-0.2, -0.15) is 0 Å². The fourth-order valence-corrected chi connectivity index (χ4v) is 4.62. The Kier molecular flexibility index (Phi) is 8.49. The Morgan fingerprint density at radius 2 is 1.48 bits per heavy atom. The second-order valence-corrected chi connectivity index (χ2v) is 9.16. The quantitative estimate of drug-likeness (QED) is 0.611. The molecule has 1 aromatic carbocycles. The normalized spacial score (nSPS) is 18.2. The van der Waals surface area contributed by atoms with Gasteiger partial charge in [-0.15, -0.1) is 0 Å². The van der Waals surface area contributed by atoms with Gasteiger partial charge in [0.1, 0.15) is 0 Å². The summed E-state index contributed by atoms with van der Waals surface area (Å²) >= 11 is 3.39. The number of likely N-dealkylation sites (tertiary alicyclic amines) is 1. The first-order chi connectivity index (χ1) is 14.9. The molecule has 0 unspecified atom stereocenters. The largest absolute Gasteiger partial charge is 0.342 e. The number of likely N-dealkylation sites (N-methyl/N-ethyl adjacent to an activating group) is 1. The van der Waals surface area contributed by atoms with Crippen molar-refractivity contribution >= 4 is 33.7 Å².